The molecular formula is C32H56N4O. The maximum absolute atomic E-state index is 12.4. The van der Waals surface area contributed by atoms with Gasteiger partial charge in [0.25, 0.3) is 5.91 Å². The molecular weight excluding hydrogens is 456 g/mol. The number of benzene rings is 1. The highest BCUT2D eigenvalue weighted by atomic mass is 16.2. The van der Waals surface area contributed by atoms with Crippen molar-refractivity contribution in [1.29, 1.82) is 0 Å². The molecule has 37 heavy (non-hydrogen) atoms. The minimum absolute atomic E-state index is 0.0352. The van der Waals surface area contributed by atoms with Crippen LogP contribution in [0.2, 0.25) is 0 Å². The average Bonchev–Trinajstić information content (AvgIpc) is 3.22. The van der Waals surface area contributed by atoms with E-state index in [0.717, 1.165) is 37.0 Å². The van der Waals surface area contributed by atoms with Crippen LogP contribution in [0.3, 0.4) is 0 Å². The van der Waals surface area contributed by atoms with Gasteiger partial charge in [-0.05, 0) is 51.7 Å². The quantitative estimate of drug-likeness (QED) is 0.159. The molecule has 0 saturated carbocycles. The first-order chi connectivity index (χ1) is 17.9. The first kappa shape index (κ1) is 31.3. The van der Waals surface area contributed by atoms with Gasteiger partial charge in [-0.25, -0.2) is 4.98 Å². The number of aryl methyl sites for hydroxylation is 2. The Labute approximate surface area is 228 Å². The summed E-state index contributed by atoms with van der Waals surface area (Å²) < 4.78 is 2.40. The maximum atomic E-state index is 12.4. The van der Waals surface area contributed by atoms with Crippen molar-refractivity contribution >= 4 is 16.9 Å². The van der Waals surface area contributed by atoms with E-state index >= 15 is 0 Å². The monoisotopic (exact) mass is 512 g/mol. The summed E-state index contributed by atoms with van der Waals surface area (Å²) in [6.45, 7) is 4.33. The molecule has 210 valence electrons. The van der Waals surface area contributed by atoms with Crippen LogP contribution in [0.25, 0.3) is 11.0 Å². The van der Waals surface area contributed by atoms with Gasteiger partial charge in [0.1, 0.15) is 5.82 Å². The van der Waals surface area contributed by atoms with Gasteiger partial charge in [0.2, 0.25) is 0 Å². The molecule has 1 amide bonds. The summed E-state index contributed by atoms with van der Waals surface area (Å²) in [6, 6.07) is 6.01. The molecule has 0 N–H and O–H groups in total. The number of unbranched alkanes of at least 4 members (excludes halogenated alkanes) is 14. The van der Waals surface area contributed by atoms with Crippen LogP contribution in [0.4, 0.5) is 0 Å². The number of carbonyl (C=O) groups excluding carboxylic acids is 1. The Morgan fingerprint density at radius 2 is 1.30 bits per heavy atom. The Hall–Kier alpha value is -1.88. The van der Waals surface area contributed by atoms with Crippen LogP contribution in [0.15, 0.2) is 18.2 Å². The number of carbonyl (C=O) groups is 1. The van der Waals surface area contributed by atoms with Crippen LogP contribution >= 0.6 is 0 Å². The lowest BCUT2D eigenvalue weighted by atomic mass is 10.0. The van der Waals surface area contributed by atoms with Crippen LogP contribution in [0, 0.1) is 0 Å². The van der Waals surface area contributed by atoms with Crippen LogP contribution in [0.1, 0.15) is 126 Å². The lowest BCUT2D eigenvalue weighted by Gasteiger charge is -2.13. The van der Waals surface area contributed by atoms with Crippen LogP contribution in [-0.4, -0.2) is 60.0 Å². The smallest absolute Gasteiger partial charge is 0.253 e. The van der Waals surface area contributed by atoms with E-state index < -0.39 is 0 Å². The maximum Gasteiger partial charge on any atom is 0.253 e. The Kier molecular flexibility index (Phi) is 15.6. The van der Waals surface area contributed by atoms with Crippen molar-refractivity contribution in [2.24, 2.45) is 0 Å². The number of imidazole rings is 1. The molecule has 0 aliphatic heterocycles. The van der Waals surface area contributed by atoms with Crippen molar-refractivity contribution in [2.45, 2.75) is 123 Å². The summed E-state index contributed by atoms with van der Waals surface area (Å²) in [5, 5.41) is 0. The van der Waals surface area contributed by atoms with Crippen molar-refractivity contribution in [2.75, 3.05) is 34.7 Å². The van der Waals surface area contributed by atoms with E-state index in [4.69, 9.17) is 4.98 Å². The molecule has 0 bridgehead atoms. The van der Waals surface area contributed by atoms with Crippen molar-refractivity contribution in [3.8, 4) is 0 Å². The van der Waals surface area contributed by atoms with Crippen molar-refractivity contribution < 1.29 is 4.79 Å². The molecule has 0 fully saturated rings. The first-order valence-electron chi connectivity index (χ1n) is 15.3. The summed E-state index contributed by atoms with van der Waals surface area (Å²) in [4.78, 5) is 21.3. The number of amides is 1. The Morgan fingerprint density at radius 1 is 0.757 bits per heavy atom. The molecule has 1 aromatic heterocycles. The standard InChI is InChI=1S/C32H56N4O/c1-6-7-8-9-10-11-12-13-14-15-16-17-18-19-20-22-31-33-29-27-28(32(37)35(4)5)23-24-30(29)36(31)26-21-25-34(2)3/h23-24,27H,6-22,25-26H2,1-5H3. The second kappa shape index (κ2) is 18.4. The van der Waals surface area contributed by atoms with Crippen LogP contribution < -0.4 is 0 Å². The highest BCUT2D eigenvalue weighted by molar-refractivity contribution is 5.97. The van der Waals surface area contributed by atoms with Gasteiger partial charge in [0, 0.05) is 32.6 Å². The molecule has 0 spiro atoms. The molecule has 0 atom stereocenters. The first-order valence-corrected chi connectivity index (χ1v) is 15.3. The molecule has 0 aliphatic carbocycles. The fraction of sp³-hybridized carbons (Fsp3) is 0.750. The number of hydrogen-bond donors (Lipinski definition) is 0. The van der Waals surface area contributed by atoms with Crippen molar-refractivity contribution in [3.05, 3.63) is 29.6 Å². The second-order valence-electron chi connectivity index (χ2n) is 11.4. The number of rotatable bonds is 21. The number of aromatic nitrogens is 2. The lowest BCUT2D eigenvalue weighted by molar-refractivity contribution is 0.0827. The fourth-order valence-electron chi connectivity index (χ4n) is 5.21. The van der Waals surface area contributed by atoms with Crippen molar-refractivity contribution in [1.82, 2.24) is 19.4 Å². The van der Waals surface area contributed by atoms with Gasteiger partial charge in [-0.1, -0.05) is 96.8 Å². The molecule has 1 aromatic carbocycles. The molecule has 5 heteroatoms. The number of nitrogens with zero attached hydrogens (tertiary/aromatic N) is 4. The van der Waals surface area contributed by atoms with Crippen LogP contribution in [-0.2, 0) is 13.0 Å². The molecule has 0 aliphatic rings. The minimum atomic E-state index is 0.0352. The molecule has 0 radical (unpaired) electrons. The summed E-state index contributed by atoms with van der Waals surface area (Å²) in [7, 11) is 7.85. The summed E-state index contributed by atoms with van der Waals surface area (Å²) >= 11 is 0. The normalized spacial score (nSPS) is 11.6. The van der Waals surface area contributed by atoms with E-state index in [2.05, 4.69) is 36.6 Å². The van der Waals surface area contributed by atoms with Gasteiger partial charge in [-0.15, -0.1) is 0 Å². The zero-order valence-electron chi connectivity index (χ0n) is 24.9. The fourth-order valence-corrected chi connectivity index (χ4v) is 5.21. The third-order valence-electron chi connectivity index (χ3n) is 7.47. The highest BCUT2D eigenvalue weighted by Gasteiger charge is 2.14. The van der Waals surface area contributed by atoms with E-state index in [-0.39, 0.29) is 5.91 Å². The van der Waals surface area contributed by atoms with E-state index in [1.54, 1.807) is 19.0 Å². The molecule has 2 rings (SSSR count). The van der Waals surface area contributed by atoms with Gasteiger partial charge < -0.3 is 14.4 Å². The summed E-state index contributed by atoms with van der Waals surface area (Å²) in [5.41, 5.74) is 2.83. The Bertz CT molecular complexity index is 886. The predicted octanol–water partition coefficient (Wildman–Crippen LogP) is 8.10. The average molecular weight is 513 g/mol. The van der Waals surface area contributed by atoms with Gasteiger partial charge >= 0.3 is 0 Å². The molecule has 2 aromatic rings. The zero-order valence-corrected chi connectivity index (χ0v) is 24.9. The highest BCUT2D eigenvalue weighted by Crippen LogP contribution is 2.21. The van der Waals surface area contributed by atoms with Gasteiger partial charge in [0.05, 0.1) is 11.0 Å². The summed E-state index contributed by atoms with van der Waals surface area (Å²) in [6.07, 6.45) is 22.9. The number of fused-ring (bicyclic) bond motifs is 1. The van der Waals surface area contributed by atoms with Gasteiger partial charge in [0.15, 0.2) is 0 Å². The van der Waals surface area contributed by atoms with Crippen molar-refractivity contribution in [3.63, 3.8) is 0 Å². The van der Waals surface area contributed by atoms with E-state index in [9.17, 15) is 4.79 Å². The lowest BCUT2D eigenvalue weighted by Crippen LogP contribution is -2.21. The molecule has 5 nitrogen and oxygen atoms in total. The van der Waals surface area contributed by atoms with Gasteiger partial charge in [-0.2, -0.15) is 0 Å². The second-order valence-corrected chi connectivity index (χ2v) is 11.4. The number of hydrogen-bond acceptors (Lipinski definition) is 3. The minimum Gasteiger partial charge on any atom is -0.345 e. The Morgan fingerprint density at radius 3 is 1.81 bits per heavy atom. The Balaban J connectivity index is 1.72. The molecule has 0 unspecified atom stereocenters. The van der Waals surface area contributed by atoms with Crippen LogP contribution in [0.5, 0.6) is 0 Å². The summed E-state index contributed by atoms with van der Waals surface area (Å²) in [5.74, 6) is 1.21. The van der Waals surface area contributed by atoms with E-state index in [1.165, 1.54) is 102 Å². The zero-order chi connectivity index (χ0) is 26.9. The molecule has 1 heterocycles. The molecule has 0 saturated heterocycles. The third-order valence-corrected chi connectivity index (χ3v) is 7.47. The predicted molar refractivity (Wildman–Crippen MR) is 160 cm³/mol. The van der Waals surface area contributed by atoms with E-state index in [0.29, 0.717) is 5.56 Å². The van der Waals surface area contributed by atoms with E-state index in [1.807, 2.05) is 12.1 Å². The van der Waals surface area contributed by atoms with Gasteiger partial charge in [-0.3, -0.25) is 4.79 Å². The third kappa shape index (κ3) is 12.0. The largest absolute Gasteiger partial charge is 0.345 e. The SMILES string of the molecule is CCCCCCCCCCCCCCCCCc1nc2cc(C(=O)N(C)C)ccc2n1CCCN(C)C. The topological polar surface area (TPSA) is 41.4 Å².